The van der Waals surface area contributed by atoms with Crippen molar-refractivity contribution in [1.29, 1.82) is 0 Å². The summed E-state index contributed by atoms with van der Waals surface area (Å²) in [7, 11) is 3.25. The molecule has 0 atom stereocenters. The summed E-state index contributed by atoms with van der Waals surface area (Å²) in [6, 6.07) is 18.5. The molecule has 0 fully saturated rings. The van der Waals surface area contributed by atoms with Gasteiger partial charge < -0.3 is 10.1 Å². The van der Waals surface area contributed by atoms with Crippen LogP contribution < -0.4 is 5.32 Å². The summed E-state index contributed by atoms with van der Waals surface area (Å²) >= 11 is 0. The Morgan fingerprint density at radius 2 is 1.22 bits per heavy atom. The predicted octanol–water partition coefficient (Wildman–Crippen LogP) is 6.02. The van der Waals surface area contributed by atoms with Crippen LogP contribution in [0.5, 0.6) is 0 Å². The molecule has 0 heterocycles. The second-order valence-corrected chi connectivity index (χ2v) is 3.77. The number of methoxy groups -OCH3 is 1. The van der Waals surface area contributed by atoms with E-state index in [-0.39, 0.29) is 0 Å². The first-order valence-corrected chi connectivity index (χ1v) is 7.75. The van der Waals surface area contributed by atoms with E-state index in [9.17, 15) is 0 Å². The summed E-state index contributed by atoms with van der Waals surface area (Å²) in [6.07, 6.45) is 0. The molecular formula is C20H31NO2. The Bertz CT molecular complexity index is 467. The van der Waals surface area contributed by atoms with Crippen molar-refractivity contribution in [3.05, 3.63) is 66.8 Å². The summed E-state index contributed by atoms with van der Waals surface area (Å²) < 4.78 is 11.8. The third-order valence-electron chi connectivity index (χ3n) is 2.08. The number of nitrogens with one attached hydrogen (secondary N) is 1. The molecule has 0 radical (unpaired) electrons. The van der Waals surface area contributed by atoms with Crippen LogP contribution in [0, 0.1) is 13.6 Å². The van der Waals surface area contributed by atoms with Crippen molar-refractivity contribution in [2.75, 3.05) is 19.5 Å². The zero-order valence-corrected chi connectivity index (χ0v) is 15.5. The van der Waals surface area contributed by atoms with Crippen LogP contribution in [0.3, 0.4) is 0 Å². The molecule has 0 spiro atoms. The normalized spacial score (nSPS) is 7.35. The molecule has 0 aromatic heterocycles. The van der Waals surface area contributed by atoms with E-state index in [4.69, 9.17) is 4.65 Å². The average molecular weight is 317 g/mol. The number of hydrogen-bond donors (Lipinski definition) is 1. The Morgan fingerprint density at radius 1 is 0.783 bits per heavy atom. The molecular weight excluding hydrogens is 286 g/mol. The van der Waals surface area contributed by atoms with E-state index in [0.29, 0.717) is 0 Å². The van der Waals surface area contributed by atoms with Crippen LogP contribution in [0.4, 0.5) is 11.4 Å². The topological polar surface area (TPSA) is 41.2 Å². The summed E-state index contributed by atoms with van der Waals surface area (Å²) in [5.74, 6) is 0. The van der Waals surface area contributed by atoms with E-state index in [1.807, 2.05) is 45.9 Å². The minimum atomic E-state index is 1.12. The molecule has 0 amide bonds. The maximum atomic E-state index is 7.50. The van der Waals surface area contributed by atoms with Crippen molar-refractivity contribution in [2.24, 2.45) is 0 Å². The fourth-order valence-electron chi connectivity index (χ4n) is 1.41. The maximum absolute atomic E-state index is 7.50. The van der Waals surface area contributed by atoms with Gasteiger partial charge in [0.15, 0.2) is 0 Å². The van der Waals surface area contributed by atoms with Crippen LogP contribution in [-0.2, 0) is 9.39 Å². The first kappa shape index (κ1) is 25.9. The summed E-state index contributed by atoms with van der Waals surface area (Å²) in [5, 5.41) is 3.34. The van der Waals surface area contributed by atoms with E-state index in [0.717, 1.165) is 11.4 Å². The second-order valence-electron chi connectivity index (χ2n) is 3.77. The van der Waals surface area contributed by atoms with Gasteiger partial charge in [0.1, 0.15) is 0 Å². The van der Waals surface area contributed by atoms with Crippen molar-refractivity contribution >= 4 is 11.4 Å². The molecule has 3 nitrogen and oxygen atoms in total. The predicted molar refractivity (Wildman–Crippen MR) is 100 cm³/mol. The first-order valence-electron chi connectivity index (χ1n) is 7.75. The van der Waals surface area contributed by atoms with Gasteiger partial charge in [-0.15, -0.1) is 0 Å². The number of ether oxygens (including phenoxy) is 1. The molecule has 0 saturated heterocycles. The van der Waals surface area contributed by atoms with Crippen LogP contribution in [0.1, 0.15) is 33.3 Å². The van der Waals surface area contributed by atoms with Gasteiger partial charge in [-0.1, -0.05) is 58.0 Å². The van der Waals surface area contributed by atoms with Gasteiger partial charge >= 0.3 is 11.3 Å². The number of para-hydroxylation sites is 1. The molecule has 0 aliphatic rings. The SMILES string of the molecule is CC.CC.COC.Cc1cccc(Nc2ccccc2)c1.[C-]#[O+]. The van der Waals surface area contributed by atoms with Crippen molar-refractivity contribution in [1.82, 2.24) is 0 Å². The van der Waals surface area contributed by atoms with E-state index in [2.05, 4.69) is 60.0 Å². The molecule has 0 saturated carbocycles. The molecule has 2 rings (SSSR count). The van der Waals surface area contributed by atoms with Crippen LogP contribution in [-0.4, -0.2) is 14.2 Å². The number of benzene rings is 2. The molecule has 0 aliphatic carbocycles. The van der Waals surface area contributed by atoms with Gasteiger partial charge in [-0.05, 0) is 36.8 Å². The molecule has 0 unspecified atom stereocenters. The third-order valence-corrected chi connectivity index (χ3v) is 2.08. The van der Waals surface area contributed by atoms with Crippen molar-refractivity contribution in [2.45, 2.75) is 34.6 Å². The molecule has 2 aromatic rings. The van der Waals surface area contributed by atoms with E-state index < -0.39 is 0 Å². The zero-order chi connectivity index (χ0) is 18.5. The summed E-state index contributed by atoms with van der Waals surface area (Å²) in [6.45, 7) is 14.6. The van der Waals surface area contributed by atoms with E-state index in [1.165, 1.54) is 5.56 Å². The number of aryl methyl sites for hydroxylation is 1. The first-order chi connectivity index (χ1) is 11.3. The number of anilines is 2. The zero-order valence-electron chi connectivity index (χ0n) is 15.5. The Morgan fingerprint density at radius 3 is 1.65 bits per heavy atom. The molecule has 128 valence electrons. The van der Waals surface area contributed by atoms with E-state index >= 15 is 0 Å². The van der Waals surface area contributed by atoms with Crippen molar-refractivity contribution < 1.29 is 9.39 Å². The van der Waals surface area contributed by atoms with E-state index in [1.54, 1.807) is 14.2 Å². The molecule has 0 bridgehead atoms. The fourth-order valence-corrected chi connectivity index (χ4v) is 1.41. The van der Waals surface area contributed by atoms with Crippen LogP contribution in [0.15, 0.2) is 54.6 Å². The van der Waals surface area contributed by atoms with Gasteiger partial charge in [-0.25, -0.2) is 0 Å². The second kappa shape index (κ2) is 22.2. The van der Waals surface area contributed by atoms with Crippen molar-refractivity contribution in [3.63, 3.8) is 0 Å². The fraction of sp³-hybridized carbons (Fsp3) is 0.350. The number of hydrogen-bond acceptors (Lipinski definition) is 2. The molecule has 3 heteroatoms. The molecule has 0 aliphatic heterocycles. The quantitative estimate of drug-likeness (QED) is 0.544. The Balaban J connectivity index is -0.000000382. The monoisotopic (exact) mass is 317 g/mol. The minimum absolute atomic E-state index is 1.12. The van der Waals surface area contributed by atoms with Gasteiger partial charge in [-0.2, -0.15) is 0 Å². The average Bonchev–Trinajstić information content (AvgIpc) is 2.62. The Labute approximate surface area is 142 Å². The molecule has 2 aromatic carbocycles. The third kappa shape index (κ3) is 16.1. The van der Waals surface area contributed by atoms with Gasteiger partial charge in [0.05, 0.1) is 0 Å². The standard InChI is InChI=1S/C13H13N.C2H6O.2C2H6.CO/c1-11-6-5-9-13(10-11)14-12-7-3-2-4-8-12;1-3-2;3*1-2/h2-10,14H,1H3;1-2H3;2*1-2H3;. The summed E-state index contributed by atoms with van der Waals surface area (Å²) in [4.78, 5) is 0. The van der Waals surface area contributed by atoms with Crippen LogP contribution >= 0.6 is 0 Å². The van der Waals surface area contributed by atoms with Gasteiger partial charge in [-0.3, -0.25) is 0 Å². The molecule has 1 N–H and O–H groups in total. The molecule has 23 heavy (non-hydrogen) atoms. The van der Waals surface area contributed by atoms with Crippen molar-refractivity contribution in [3.8, 4) is 0 Å². The van der Waals surface area contributed by atoms with Crippen LogP contribution in [0.25, 0.3) is 0 Å². The van der Waals surface area contributed by atoms with Gasteiger partial charge in [0, 0.05) is 25.6 Å². The Kier molecular flexibility index (Phi) is 25.0. The Hall–Kier alpha value is -2.06. The van der Waals surface area contributed by atoms with Crippen LogP contribution in [0.2, 0.25) is 0 Å². The summed E-state index contributed by atoms with van der Waals surface area (Å²) in [5.41, 5.74) is 3.53. The van der Waals surface area contributed by atoms with Gasteiger partial charge in [0.2, 0.25) is 0 Å². The number of rotatable bonds is 2. The van der Waals surface area contributed by atoms with Gasteiger partial charge in [0.25, 0.3) is 0 Å².